The lowest BCUT2D eigenvalue weighted by Gasteiger charge is -2.12. The van der Waals surface area contributed by atoms with Crippen molar-refractivity contribution in [1.82, 2.24) is 24.5 Å². The smallest absolute Gasteiger partial charge is 0.313 e. The van der Waals surface area contributed by atoms with Gasteiger partial charge in [-0.15, -0.1) is 0 Å². The number of ether oxygens (including phenoxy) is 1. The van der Waals surface area contributed by atoms with Crippen LogP contribution in [0.2, 0.25) is 0 Å². The van der Waals surface area contributed by atoms with Gasteiger partial charge in [0.05, 0.1) is 17.8 Å². The SMILES string of the molecule is CCOc1nc(N)nc2ccc(-c3cc(C(N)=O)ccc3-c3nc(S(=O)(=O)O)cn3C)nc12. The zero-order valence-electron chi connectivity index (χ0n) is 17.6. The summed E-state index contributed by atoms with van der Waals surface area (Å²) in [5.41, 5.74) is 13.5. The first-order chi connectivity index (χ1) is 15.6. The fraction of sp³-hybridized carbons (Fsp3) is 0.150. The fourth-order valence-corrected chi connectivity index (χ4v) is 3.80. The molecule has 0 unspecified atom stereocenters. The number of carbonyl (C=O) groups is 1. The molecule has 12 nitrogen and oxygen atoms in total. The molecule has 0 bridgehead atoms. The van der Waals surface area contributed by atoms with E-state index in [4.69, 9.17) is 16.2 Å². The summed E-state index contributed by atoms with van der Waals surface area (Å²) in [6, 6.07) is 7.90. The molecule has 0 atom stereocenters. The molecule has 0 aliphatic heterocycles. The highest BCUT2D eigenvalue weighted by Gasteiger charge is 2.21. The van der Waals surface area contributed by atoms with Crippen LogP contribution in [0.25, 0.3) is 33.7 Å². The van der Waals surface area contributed by atoms with Crippen LogP contribution in [0.1, 0.15) is 17.3 Å². The summed E-state index contributed by atoms with van der Waals surface area (Å²) >= 11 is 0. The van der Waals surface area contributed by atoms with Crippen molar-refractivity contribution < 1.29 is 22.5 Å². The molecule has 0 aliphatic rings. The molecule has 0 aliphatic carbocycles. The molecule has 13 heteroatoms. The summed E-state index contributed by atoms with van der Waals surface area (Å²) in [5.74, 6) is -0.218. The van der Waals surface area contributed by atoms with Crippen LogP contribution in [0.3, 0.4) is 0 Å². The van der Waals surface area contributed by atoms with Crippen molar-refractivity contribution in [1.29, 1.82) is 0 Å². The van der Waals surface area contributed by atoms with E-state index in [1.165, 1.54) is 22.9 Å². The van der Waals surface area contributed by atoms with Crippen molar-refractivity contribution in [2.75, 3.05) is 12.3 Å². The number of anilines is 1. The predicted octanol–water partition coefficient (Wildman–Crippen LogP) is 1.42. The quantitative estimate of drug-likeness (QED) is 0.348. The van der Waals surface area contributed by atoms with Gasteiger partial charge in [-0.25, -0.2) is 15.0 Å². The second-order valence-corrected chi connectivity index (χ2v) is 8.37. The van der Waals surface area contributed by atoms with Crippen molar-refractivity contribution in [3.63, 3.8) is 0 Å². The Labute approximate surface area is 188 Å². The number of primary amides is 1. The monoisotopic (exact) mass is 469 g/mol. The van der Waals surface area contributed by atoms with Gasteiger partial charge in [0.25, 0.3) is 0 Å². The van der Waals surface area contributed by atoms with E-state index < -0.39 is 21.1 Å². The third kappa shape index (κ3) is 4.18. The number of nitrogens with two attached hydrogens (primary N) is 2. The molecule has 0 radical (unpaired) electrons. The average Bonchev–Trinajstić information content (AvgIpc) is 3.15. The number of hydrogen-bond donors (Lipinski definition) is 3. The van der Waals surface area contributed by atoms with E-state index in [9.17, 15) is 17.8 Å². The van der Waals surface area contributed by atoms with E-state index in [2.05, 4.69) is 19.9 Å². The Morgan fingerprint density at radius 3 is 2.52 bits per heavy atom. The van der Waals surface area contributed by atoms with E-state index in [-0.39, 0.29) is 23.2 Å². The maximum Gasteiger partial charge on any atom is 0.313 e. The standard InChI is InChI=1S/C20H19N7O5S/c1-3-32-19-16-14(24-20(22)26-19)7-6-13(23-16)12-8-10(17(21)28)4-5-11(12)18-25-15(9-27(18)2)33(29,30)31/h4-9H,3H2,1-2H3,(H2,21,28)(H2,22,24,26)(H,29,30,31). The van der Waals surface area contributed by atoms with E-state index in [1.807, 2.05) is 0 Å². The van der Waals surface area contributed by atoms with Gasteiger partial charge in [0, 0.05) is 29.9 Å². The molecule has 5 N–H and O–H groups in total. The Hall–Kier alpha value is -4.10. The number of nitrogen functional groups attached to an aromatic ring is 1. The maximum absolute atomic E-state index is 11.8. The van der Waals surface area contributed by atoms with Crippen molar-refractivity contribution in [2.45, 2.75) is 11.9 Å². The number of rotatable bonds is 6. The molecule has 33 heavy (non-hydrogen) atoms. The summed E-state index contributed by atoms with van der Waals surface area (Å²) in [6.07, 6.45) is 1.17. The molecular formula is C20H19N7O5S. The molecular weight excluding hydrogens is 450 g/mol. The van der Waals surface area contributed by atoms with E-state index >= 15 is 0 Å². The van der Waals surface area contributed by atoms with Gasteiger partial charge in [-0.05, 0) is 37.3 Å². The lowest BCUT2D eigenvalue weighted by atomic mass is 9.99. The van der Waals surface area contributed by atoms with Gasteiger partial charge in [-0.3, -0.25) is 9.35 Å². The Morgan fingerprint density at radius 1 is 1.12 bits per heavy atom. The topological polar surface area (TPSA) is 189 Å². The Bertz CT molecular complexity index is 1520. The molecule has 3 heterocycles. The molecule has 170 valence electrons. The van der Waals surface area contributed by atoms with Crippen LogP contribution in [0.15, 0.2) is 41.6 Å². The van der Waals surface area contributed by atoms with Crippen LogP contribution < -0.4 is 16.2 Å². The first-order valence-electron chi connectivity index (χ1n) is 9.61. The summed E-state index contributed by atoms with van der Waals surface area (Å²) in [7, 11) is -2.95. The van der Waals surface area contributed by atoms with Gasteiger partial charge in [0.1, 0.15) is 5.82 Å². The number of pyridine rings is 1. The molecule has 4 rings (SSSR count). The summed E-state index contributed by atoms with van der Waals surface area (Å²) in [4.78, 5) is 28.8. The molecule has 3 aromatic heterocycles. The summed E-state index contributed by atoms with van der Waals surface area (Å²) in [5, 5.41) is -0.515. The Kier molecular flexibility index (Phi) is 5.43. The van der Waals surface area contributed by atoms with Crippen LogP contribution in [-0.4, -0.2) is 50.0 Å². The highest BCUT2D eigenvalue weighted by molar-refractivity contribution is 7.85. The van der Waals surface area contributed by atoms with E-state index in [0.717, 1.165) is 0 Å². The number of fused-ring (bicyclic) bond motifs is 1. The minimum atomic E-state index is -4.52. The summed E-state index contributed by atoms with van der Waals surface area (Å²) in [6.45, 7) is 2.11. The van der Waals surface area contributed by atoms with E-state index in [1.54, 1.807) is 32.2 Å². The second-order valence-electron chi connectivity index (χ2n) is 7.00. The third-order valence-corrected chi connectivity index (χ3v) is 5.47. The summed E-state index contributed by atoms with van der Waals surface area (Å²) < 4.78 is 39.5. The number of aromatic nitrogens is 5. The number of aryl methyl sites for hydroxylation is 1. The third-order valence-electron chi connectivity index (χ3n) is 4.75. The molecule has 1 aromatic carbocycles. The van der Waals surface area contributed by atoms with Gasteiger partial charge >= 0.3 is 10.1 Å². The number of amides is 1. The molecule has 0 saturated carbocycles. The number of imidazole rings is 1. The van der Waals surface area contributed by atoms with Crippen molar-refractivity contribution >= 4 is 33.0 Å². The first kappa shape index (κ1) is 22.1. The van der Waals surface area contributed by atoms with Crippen LogP contribution >= 0.6 is 0 Å². The molecule has 1 amide bonds. The van der Waals surface area contributed by atoms with E-state index in [0.29, 0.717) is 34.5 Å². The van der Waals surface area contributed by atoms with Gasteiger partial charge < -0.3 is 20.8 Å². The first-order valence-corrected chi connectivity index (χ1v) is 11.0. The minimum absolute atomic E-state index is 0.0302. The molecule has 0 spiro atoms. The number of hydrogen-bond acceptors (Lipinski definition) is 9. The Balaban J connectivity index is 1.99. The van der Waals surface area contributed by atoms with Crippen molar-refractivity contribution in [3.05, 3.63) is 42.1 Å². The van der Waals surface area contributed by atoms with Crippen LogP contribution in [0.5, 0.6) is 5.88 Å². The number of benzene rings is 1. The molecule has 0 saturated heterocycles. The highest BCUT2D eigenvalue weighted by Crippen LogP contribution is 2.34. The predicted molar refractivity (Wildman–Crippen MR) is 119 cm³/mol. The molecule has 4 aromatic rings. The Morgan fingerprint density at radius 2 is 1.88 bits per heavy atom. The fourth-order valence-electron chi connectivity index (χ4n) is 3.31. The van der Waals surface area contributed by atoms with Crippen molar-refractivity contribution in [2.24, 2.45) is 12.8 Å². The van der Waals surface area contributed by atoms with Gasteiger partial charge in [-0.1, -0.05) is 0 Å². The zero-order chi connectivity index (χ0) is 23.9. The number of nitrogens with zero attached hydrogens (tertiary/aromatic N) is 5. The van der Waals surface area contributed by atoms with Gasteiger partial charge in [-0.2, -0.15) is 13.4 Å². The zero-order valence-corrected chi connectivity index (χ0v) is 18.4. The largest absolute Gasteiger partial charge is 0.476 e. The van der Waals surface area contributed by atoms with Crippen molar-refractivity contribution in [3.8, 4) is 28.5 Å². The van der Waals surface area contributed by atoms with Gasteiger partial charge in [0.2, 0.25) is 22.8 Å². The van der Waals surface area contributed by atoms with Gasteiger partial charge in [0.15, 0.2) is 5.52 Å². The lowest BCUT2D eigenvalue weighted by molar-refractivity contribution is 0.100. The normalized spacial score (nSPS) is 11.6. The molecule has 0 fully saturated rings. The minimum Gasteiger partial charge on any atom is -0.476 e. The lowest BCUT2D eigenvalue weighted by Crippen LogP contribution is -2.11. The average molecular weight is 469 g/mol. The van der Waals surface area contributed by atoms with Crippen LogP contribution in [-0.2, 0) is 17.2 Å². The van der Waals surface area contributed by atoms with Crippen LogP contribution in [0, 0.1) is 0 Å². The maximum atomic E-state index is 11.8. The number of carbonyl (C=O) groups excluding carboxylic acids is 1. The highest BCUT2D eigenvalue weighted by atomic mass is 32.2. The van der Waals surface area contributed by atoms with Crippen LogP contribution in [0.4, 0.5) is 5.95 Å². The second kappa shape index (κ2) is 8.11.